The predicted octanol–water partition coefficient (Wildman–Crippen LogP) is -0.901. The molecule has 3 aromatic rings. The Labute approximate surface area is 160 Å². The largest absolute Gasteiger partial charge is 0.548 e. The van der Waals surface area contributed by atoms with Gasteiger partial charge in [-0.25, -0.2) is 4.79 Å². The summed E-state index contributed by atoms with van der Waals surface area (Å²) in [7, 11) is 1.49. The minimum Gasteiger partial charge on any atom is -0.548 e. The number of carboxylic acids is 1. The van der Waals surface area contributed by atoms with E-state index < -0.39 is 23.8 Å². The van der Waals surface area contributed by atoms with Gasteiger partial charge in [0.2, 0.25) is 5.95 Å². The topological polar surface area (TPSA) is 105 Å². The van der Waals surface area contributed by atoms with E-state index in [1.807, 2.05) is 18.2 Å². The van der Waals surface area contributed by atoms with E-state index in [1.54, 1.807) is 4.57 Å². The van der Waals surface area contributed by atoms with E-state index in [9.17, 15) is 19.5 Å². The third-order valence-corrected chi connectivity index (χ3v) is 5.11. The van der Waals surface area contributed by atoms with Crippen LogP contribution in [-0.4, -0.2) is 37.7 Å². The van der Waals surface area contributed by atoms with E-state index in [0.29, 0.717) is 17.1 Å². The van der Waals surface area contributed by atoms with Crippen LogP contribution in [0, 0.1) is 0 Å². The van der Waals surface area contributed by atoms with Crippen LogP contribution in [-0.2, 0) is 31.4 Å². The number of carboxylic acid groups (broad SMARTS) is 1. The summed E-state index contributed by atoms with van der Waals surface area (Å²) in [5.74, 6) is -0.850. The molecule has 0 atom stereocenters. The van der Waals surface area contributed by atoms with Crippen molar-refractivity contribution in [2.45, 2.75) is 25.9 Å². The molecule has 0 fully saturated rings. The lowest BCUT2D eigenvalue weighted by atomic mass is 10.1. The van der Waals surface area contributed by atoms with Gasteiger partial charge in [0, 0.05) is 26.7 Å². The molecular weight excluding hydrogens is 362 g/mol. The SMILES string of the molecule is Cn1c(=O)n(CC(=O)[O-])c(=O)c2c1nc1n2CCCN1CCc1ccccc1. The number of aromatic nitrogens is 4. The van der Waals surface area contributed by atoms with Gasteiger partial charge in [-0.15, -0.1) is 0 Å². The summed E-state index contributed by atoms with van der Waals surface area (Å²) < 4.78 is 3.70. The minimum atomic E-state index is -1.48. The number of carbonyl (C=O) groups is 1. The number of fused-ring (bicyclic) bond motifs is 3. The second-order valence-corrected chi connectivity index (χ2v) is 6.92. The Bertz CT molecular complexity index is 1160. The van der Waals surface area contributed by atoms with Crippen molar-refractivity contribution in [1.29, 1.82) is 0 Å². The standard InChI is InChI=1S/C19H21N5O4/c1-21-16-15(17(27)24(19(21)28)12-14(25)26)23-10-5-9-22(18(23)20-16)11-8-13-6-3-2-4-7-13/h2-4,6-7H,5,8-12H2,1H3,(H,25,26)/p-1. The van der Waals surface area contributed by atoms with Crippen molar-refractivity contribution < 1.29 is 9.90 Å². The molecule has 9 nitrogen and oxygen atoms in total. The lowest BCUT2D eigenvalue weighted by Crippen LogP contribution is -2.44. The maximum absolute atomic E-state index is 12.8. The highest BCUT2D eigenvalue weighted by atomic mass is 16.4. The summed E-state index contributed by atoms with van der Waals surface area (Å²) in [6.45, 7) is 1.35. The van der Waals surface area contributed by atoms with Crippen molar-refractivity contribution in [3.63, 3.8) is 0 Å². The maximum Gasteiger partial charge on any atom is 0.332 e. The molecule has 0 saturated heterocycles. The highest BCUT2D eigenvalue weighted by Crippen LogP contribution is 2.24. The quantitative estimate of drug-likeness (QED) is 0.566. The summed E-state index contributed by atoms with van der Waals surface area (Å²) in [6.07, 6.45) is 1.66. The van der Waals surface area contributed by atoms with Gasteiger partial charge in [-0.3, -0.25) is 13.9 Å². The van der Waals surface area contributed by atoms with Gasteiger partial charge in [0.1, 0.15) is 0 Å². The Morgan fingerprint density at radius 1 is 1.18 bits per heavy atom. The molecule has 0 spiro atoms. The van der Waals surface area contributed by atoms with Crippen molar-refractivity contribution >= 4 is 23.1 Å². The number of imidazole rings is 1. The fourth-order valence-electron chi connectivity index (χ4n) is 3.72. The molecule has 1 aliphatic rings. The summed E-state index contributed by atoms with van der Waals surface area (Å²) in [6, 6.07) is 10.1. The summed E-state index contributed by atoms with van der Waals surface area (Å²) in [4.78, 5) is 42.9. The molecule has 0 N–H and O–H groups in total. The molecular formula is C19H20N5O4-. The van der Waals surface area contributed by atoms with Crippen molar-refractivity contribution in [2.24, 2.45) is 7.05 Å². The molecule has 3 heterocycles. The molecule has 0 radical (unpaired) electrons. The number of hydrogen-bond acceptors (Lipinski definition) is 6. The highest BCUT2D eigenvalue weighted by molar-refractivity contribution is 5.75. The van der Waals surface area contributed by atoms with Crippen LogP contribution in [0.15, 0.2) is 39.9 Å². The molecule has 0 saturated carbocycles. The van der Waals surface area contributed by atoms with Crippen LogP contribution in [0.5, 0.6) is 0 Å². The molecule has 28 heavy (non-hydrogen) atoms. The minimum absolute atomic E-state index is 0.253. The van der Waals surface area contributed by atoms with Crippen LogP contribution in [0.25, 0.3) is 11.2 Å². The Balaban J connectivity index is 1.78. The Hall–Kier alpha value is -3.36. The van der Waals surface area contributed by atoms with Gasteiger partial charge < -0.3 is 19.4 Å². The lowest BCUT2D eigenvalue weighted by molar-refractivity contribution is -0.306. The van der Waals surface area contributed by atoms with Crippen molar-refractivity contribution in [2.75, 3.05) is 18.0 Å². The first-order chi connectivity index (χ1) is 13.5. The Morgan fingerprint density at radius 3 is 2.64 bits per heavy atom. The van der Waals surface area contributed by atoms with Gasteiger partial charge in [-0.05, 0) is 18.4 Å². The average Bonchev–Trinajstić information content (AvgIpc) is 3.09. The summed E-state index contributed by atoms with van der Waals surface area (Å²) in [5, 5.41) is 11.0. The molecule has 1 aromatic carbocycles. The zero-order valence-corrected chi connectivity index (χ0v) is 15.5. The van der Waals surface area contributed by atoms with E-state index in [-0.39, 0.29) is 11.2 Å². The van der Waals surface area contributed by atoms with Crippen molar-refractivity contribution in [3.05, 3.63) is 56.7 Å². The van der Waals surface area contributed by atoms with Gasteiger partial charge >= 0.3 is 5.69 Å². The first-order valence-electron chi connectivity index (χ1n) is 9.16. The van der Waals surface area contributed by atoms with Gasteiger partial charge in [0.25, 0.3) is 5.56 Å². The second-order valence-electron chi connectivity index (χ2n) is 6.92. The molecule has 146 valence electrons. The number of hydrogen-bond donors (Lipinski definition) is 0. The van der Waals surface area contributed by atoms with Gasteiger partial charge in [0.05, 0.1) is 12.5 Å². The molecule has 2 aromatic heterocycles. The van der Waals surface area contributed by atoms with Crippen molar-refractivity contribution in [3.8, 4) is 0 Å². The van der Waals surface area contributed by atoms with Crippen molar-refractivity contribution in [1.82, 2.24) is 18.7 Å². The third-order valence-electron chi connectivity index (χ3n) is 5.11. The average molecular weight is 382 g/mol. The van der Waals surface area contributed by atoms with Crippen LogP contribution < -0.4 is 21.3 Å². The van der Waals surface area contributed by atoms with Gasteiger partial charge in [-0.1, -0.05) is 30.3 Å². The van der Waals surface area contributed by atoms with E-state index in [1.165, 1.54) is 17.2 Å². The zero-order valence-electron chi connectivity index (χ0n) is 15.5. The Kier molecular flexibility index (Phi) is 4.50. The predicted molar refractivity (Wildman–Crippen MR) is 101 cm³/mol. The number of nitrogens with zero attached hydrogens (tertiary/aromatic N) is 5. The Morgan fingerprint density at radius 2 is 1.93 bits per heavy atom. The molecule has 0 aliphatic carbocycles. The number of benzene rings is 1. The molecule has 0 unspecified atom stereocenters. The number of aryl methyl sites for hydroxylation is 2. The van der Waals surface area contributed by atoms with Crippen LogP contribution in [0.2, 0.25) is 0 Å². The summed E-state index contributed by atoms with van der Waals surface area (Å²) in [5.41, 5.74) is 0.368. The fourth-order valence-corrected chi connectivity index (χ4v) is 3.72. The monoisotopic (exact) mass is 382 g/mol. The highest BCUT2D eigenvalue weighted by Gasteiger charge is 2.25. The molecule has 0 bridgehead atoms. The number of carbonyl (C=O) groups excluding carboxylic acids is 1. The van der Waals surface area contributed by atoms with Crippen LogP contribution in [0.1, 0.15) is 12.0 Å². The van der Waals surface area contributed by atoms with Gasteiger partial charge in [-0.2, -0.15) is 4.98 Å². The summed E-state index contributed by atoms with van der Waals surface area (Å²) >= 11 is 0. The van der Waals surface area contributed by atoms with Gasteiger partial charge in [0.15, 0.2) is 11.2 Å². The number of rotatable bonds is 5. The molecule has 0 amide bonds. The first-order valence-corrected chi connectivity index (χ1v) is 9.16. The molecule has 4 rings (SSSR count). The maximum atomic E-state index is 12.8. The van der Waals surface area contributed by atoms with E-state index >= 15 is 0 Å². The number of aliphatic carboxylic acids is 1. The zero-order chi connectivity index (χ0) is 19.8. The fraction of sp³-hybridized carbons (Fsp3) is 0.368. The van der Waals surface area contributed by atoms with E-state index in [2.05, 4.69) is 22.0 Å². The normalized spacial score (nSPS) is 13.7. The third kappa shape index (κ3) is 2.98. The smallest absolute Gasteiger partial charge is 0.332 e. The second kappa shape index (κ2) is 6.99. The lowest BCUT2D eigenvalue weighted by Gasteiger charge is -2.29. The van der Waals surface area contributed by atoms with Crippen LogP contribution in [0.3, 0.4) is 0 Å². The van der Waals surface area contributed by atoms with Crippen LogP contribution in [0.4, 0.5) is 5.95 Å². The number of anilines is 1. The first kappa shape index (κ1) is 18.0. The van der Waals surface area contributed by atoms with Crippen LogP contribution >= 0.6 is 0 Å². The molecule has 1 aliphatic heterocycles. The van der Waals surface area contributed by atoms with E-state index in [0.717, 1.165) is 25.9 Å². The van der Waals surface area contributed by atoms with E-state index in [4.69, 9.17) is 0 Å². The molecule has 9 heteroatoms.